The van der Waals surface area contributed by atoms with Gasteiger partial charge in [0.1, 0.15) is 18.1 Å². The van der Waals surface area contributed by atoms with Gasteiger partial charge in [-0.15, -0.1) is 0 Å². The summed E-state index contributed by atoms with van der Waals surface area (Å²) in [5.74, 6) is 1.87. The molecule has 0 amide bonds. The number of hydrogen-bond acceptors (Lipinski definition) is 4. The molecule has 0 fully saturated rings. The van der Waals surface area contributed by atoms with E-state index in [0.717, 1.165) is 44.1 Å². The van der Waals surface area contributed by atoms with E-state index in [1.807, 2.05) is 6.92 Å². The summed E-state index contributed by atoms with van der Waals surface area (Å²) in [6.45, 7) is 10.8. The second-order valence-electron chi connectivity index (χ2n) is 4.99. The third-order valence-corrected chi connectivity index (χ3v) is 3.07. The SMILES string of the molecule is CCCCOCCOCc1cc(CNCCC)c(C)o1. The minimum atomic E-state index is 0.520. The molecule has 0 aromatic carbocycles. The van der Waals surface area contributed by atoms with E-state index >= 15 is 0 Å². The monoisotopic (exact) mass is 283 g/mol. The molecule has 1 aromatic rings. The first-order valence-electron chi connectivity index (χ1n) is 7.72. The highest BCUT2D eigenvalue weighted by Gasteiger charge is 2.07. The molecule has 0 aliphatic heterocycles. The Morgan fingerprint density at radius 1 is 1.10 bits per heavy atom. The molecule has 0 spiro atoms. The van der Waals surface area contributed by atoms with Gasteiger partial charge in [0, 0.05) is 18.7 Å². The molecule has 4 heteroatoms. The summed E-state index contributed by atoms with van der Waals surface area (Å²) in [6, 6.07) is 2.08. The standard InChI is InChI=1S/C16H29NO3/c1-4-6-8-18-9-10-19-13-16-11-15(14(3)20-16)12-17-7-5-2/h11,17H,4-10,12-13H2,1-3H3. The van der Waals surface area contributed by atoms with Crippen LogP contribution in [0.25, 0.3) is 0 Å². The topological polar surface area (TPSA) is 43.6 Å². The molecular weight excluding hydrogens is 254 g/mol. The molecule has 0 aliphatic carbocycles. The Kier molecular flexibility index (Phi) is 9.37. The highest BCUT2D eigenvalue weighted by molar-refractivity contribution is 5.20. The maximum Gasteiger partial charge on any atom is 0.130 e. The maximum atomic E-state index is 5.68. The quantitative estimate of drug-likeness (QED) is 0.597. The van der Waals surface area contributed by atoms with Crippen molar-refractivity contribution in [3.05, 3.63) is 23.2 Å². The Morgan fingerprint density at radius 3 is 2.65 bits per heavy atom. The zero-order valence-corrected chi connectivity index (χ0v) is 13.2. The molecule has 0 saturated heterocycles. The second kappa shape index (κ2) is 10.9. The van der Waals surface area contributed by atoms with Gasteiger partial charge in [0.15, 0.2) is 0 Å². The van der Waals surface area contributed by atoms with Crippen molar-refractivity contribution in [2.45, 2.75) is 53.2 Å². The van der Waals surface area contributed by atoms with Gasteiger partial charge in [-0.05, 0) is 32.4 Å². The smallest absolute Gasteiger partial charge is 0.130 e. The highest BCUT2D eigenvalue weighted by atomic mass is 16.5. The molecule has 1 N–H and O–H groups in total. The van der Waals surface area contributed by atoms with Gasteiger partial charge >= 0.3 is 0 Å². The van der Waals surface area contributed by atoms with Crippen LogP contribution in [0.2, 0.25) is 0 Å². The lowest BCUT2D eigenvalue weighted by molar-refractivity contribution is 0.0337. The number of rotatable bonds is 12. The van der Waals surface area contributed by atoms with Crippen LogP contribution in [-0.4, -0.2) is 26.4 Å². The Morgan fingerprint density at radius 2 is 1.90 bits per heavy atom. The number of aryl methyl sites for hydroxylation is 1. The first-order valence-corrected chi connectivity index (χ1v) is 7.72. The van der Waals surface area contributed by atoms with Crippen molar-refractivity contribution < 1.29 is 13.9 Å². The van der Waals surface area contributed by atoms with Crippen LogP contribution in [0.3, 0.4) is 0 Å². The predicted molar refractivity (Wildman–Crippen MR) is 80.8 cm³/mol. The van der Waals surface area contributed by atoms with Crippen LogP contribution < -0.4 is 5.32 Å². The van der Waals surface area contributed by atoms with Gasteiger partial charge in [-0.3, -0.25) is 0 Å². The average molecular weight is 283 g/mol. The molecule has 0 saturated carbocycles. The number of hydrogen-bond donors (Lipinski definition) is 1. The summed E-state index contributed by atoms with van der Waals surface area (Å²) in [4.78, 5) is 0. The van der Waals surface area contributed by atoms with Crippen LogP contribution in [0.4, 0.5) is 0 Å². The first kappa shape index (κ1) is 17.2. The zero-order valence-electron chi connectivity index (χ0n) is 13.2. The fourth-order valence-corrected chi connectivity index (χ4v) is 1.87. The molecule has 0 unspecified atom stereocenters. The van der Waals surface area contributed by atoms with Crippen LogP contribution in [-0.2, 0) is 22.6 Å². The average Bonchev–Trinajstić information content (AvgIpc) is 2.79. The van der Waals surface area contributed by atoms with Gasteiger partial charge in [-0.2, -0.15) is 0 Å². The van der Waals surface area contributed by atoms with Crippen LogP contribution in [0, 0.1) is 6.92 Å². The van der Waals surface area contributed by atoms with Crippen molar-refractivity contribution in [2.75, 3.05) is 26.4 Å². The van der Waals surface area contributed by atoms with Crippen molar-refractivity contribution in [1.82, 2.24) is 5.32 Å². The first-order chi connectivity index (χ1) is 9.77. The third kappa shape index (κ3) is 7.08. The molecule has 116 valence electrons. The summed E-state index contributed by atoms with van der Waals surface area (Å²) in [5.41, 5.74) is 1.22. The fourth-order valence-electron chi connectivity index (χ4n) is 1.87. The van der Waals surface area contributed by atoms with Crippen LogP contribution in [0.15, 0.2) is 10.5 Å². The van der Waals surface area contributed by atoms with Gasteiger partial charge in [-0.1, -0.05) is 20.3 Å². The molecule has 1 aromatic heterocycles. The molecule has 0 bridgehead atoms. The van der Waals surface area contributed by atoms with E-state index in [0.29, 0.717) is 19.8 Å². The lowest BCUT2D eigenvalue weighted by Crippen LogP contribution is -2.13. The van der Waals surface area contributed by atoms with E-state index in [1.54, 1.807) is 0 Å². The molecule has 4 nitrogen and oxygen atoms in total. The summed E-state index contributed by atoms with van der Waals surface area (Å²) < 4.78 is 16.7. The third-order valence-electron chi connectivity index (χ3n) is 3.07. The Bertz CT molecular complexity index is 349. The fraction of sp³-hybridized carbons (Fsp3) is 0.750. The Balaban J connectivity index is 2.15. The maximum absolute atomic E-state index is 5.68. The Labute approximate surface area is 122 Å². The molecule has 1 heterocycles. The van der Waals surface area contributed by atoms with Crippen molar-refractivity contribution in [3.63, 3.8) is 0 Å². The molecule has 0 radical (unpaired) electrons. The van der Waals surface area contributed by atoms with E-state index in [-0.39, 0.29) is 0 Å². The van der Waals surface area contributed by atoms with Crippen molar-refractivity contribution in [3.8, 4) is 0 Å². The van der Waals surface area contributed by atoms with E-state index in [2.05, 4.69) is 25.2 Å². The number of ether oxygens (including phenoxy) is 2. The highest BCUT2D eigenvalue weighted by Crippen LogP contribution is 2.15. The zero-order chi connectivity index (χ0) is 14.6. The van der Waals surface area contributed by atoms with Crippen LogP contribution in [0.1, 0.15) is 50.2 Å². The number of nitrogens with one attached hydrogen (secondary N) is 1. The molecule has 1 rings (SSSR count). The molecule has 20 heavy (non-hydrogen) atoms. The lowest BCUT2D eigenvalue weighted by atomic mass is 10.2. The van der Waals surface area contributed by atoms with E-state index in [4.69, 9.17) is 13.9 Å². The van der Waals surface area contributed by atoms with Gasteiger partial charge in [0.05, 0.1) is 13.2 Å². The lowest BCUT2D eigenvalue weighted by Gasteiger charge is -2.03. The van der Waals surface area contributed by atoms with Gasteiger partial charge in [0.2, 0.25) is 0 Å². The minimum Gasteiger partial charge on any atom is -0.464 e. The second-order valence-corrected chi connectivity index (χ2v) is 4.99. The van der Waals surface area contributed by atoms with Crippen LogP contribution in [0.5, 0.6) is 0 Å². The van der Waals surface area contributed by atoms with Crippen LogP contribution >= 0.6 is 0 Å². The van der Waals surface area contributed by atoms with Gasteiger partial charge in [-0.25, -0.2) is 0 Å². The summed E-state index contributed by atoms with van der Waals surface area (Å²) in [7, 11) is 0. The van der Waals surface area contributed by atoms with Gasteiger partial charge < -0.3 is 19.2 Å². The van der Waals surface area contributed by atoms with Crippen molar-refractivity contribution >= 4 is 0 Å². The molecule has 0 aliphatic rings. The largest absolute Gasteiger partial charge is 0.464 e. The normalized spacial score (nSPS) is 11.2. The number of furan rings is 1. The molecular formula is C16H29NO3. The van der Waals surface area contributed by atoms with E-state index in [1.165, 1.54) is 12.0 Å². The van der Waals surface area contributed by atoms with Gasteiger partial charge in [0.25, 0.3) is 0 Å². The minimum absolute atomic E-state index is 0.520. The van der Waals surface area contributed by atoms with Crippen molar-refractivity contribution in [2.24, 2.45) is 0 Å². The van der Waals surface area contributed by atoms with E-state index < -0.39 is 0 Å². The van der Waals surface area contributed by atoms with Crippen molar-refractivity contribution in [1.29, 1.82) is 0 Å². The summed E-state index contributed by atoms with van der Waals surface area (Å²) in [5, 5.41) is 3.38. The number of unbranched alkanes of at least 4 members (excludes halogenated alkanes) is 1. The molecule has 0 atom stereocenters. The predicted octanol–water partition coefficient (Wildman–Crippen LogP) is 3.42. The van der Waals surface area contributed by atoms with E-state index in [9.17, 15) is 0 Å². The summed E-state index contributed by atoms with van der Waals surface area (Å²) >= 11 is 0. The summed E-state index contributed by atoms with van der Waals surface area (Å²) in [6.07, 6.45) is 3.43. The Hall–Kier alpha value is -0.840.